The first-order valence-corrected chi connectivity index (χ1v) is 5.27. The van der Waals surface area contributed by atoms with Crippen LogP contribution in [0.5, 0.6) is 0 Å². The molecule has 1 N–H and O–H groups in total. The van der Waals surface area contributed by atoms with Crippen LogP contribution in [0.25, 0.3) is 11.8 Å². The Morgan fingerprint density at radius 3 is 2.78 bits per heavy atom. The fourth-order valence-electron chi connectivity index (χ4n) is 1.55. The summed E-state index contributed by atoms with van der Waals surface area (Å²) in [4.78, 5) is 3.74. The first-order chi connectivity index (χ1) is 8.58. The van der Waals surface area contributed by atoms with Gasteiger partial charge in [0, 0.05) is 23.4 Å². The summed E-state index contributed by atoms with van der Waals surface area (Å²) in [5.41, 5.74) is 0.417. The average Bonchev–Trinajstić information content (AvgIpc) is 2.79. The third-order valence-corrected chi connectivity index (χ3v) is 2.40. The second-order valence-electron chi connectivity index (χ2n) is 3.76. The highest BCUT2D eigenvalue weighted by atomic mass is 19.1. The monoisotopic (exact) mass is 251 g/mol. The van der Waals surface area contributed by atoms with Crippen LogP contribution >= 0.6 is 0 Å². The summed E-state index contributed by atoms with van der Waals surface area (Å²) >= 11 is 0. The van der Waals surface area contributed by atoms with E-state index in [1.807, 2.05) is 0 Å². The van der Waals surface area contributed by atoms with Gasteiger partial charge in [-0.2, -0.15) is 5.10 Å². The number of aliphatic hydroxyl groups excluding tert-OH is 1. The lowest BCUT2D eigenvalue weighted by Gasteiger charge is -2.11. The molecule has 2 rings (SSSR count). The van der Waals surface area contributed by atoms with Crippen molar-refractivity contribution in [2.45, 2.75) is 13.0 Å². The minimum atomic E-state index is -0.922. The number of benzene rings is 1. The Hall–Kier alpha value is -2.08. The van der Waals surface area contributed by atoms with Crippen LogP contribution in [0.3, 0.4) is 0 Å². The molecule has 2 aromatic rings. The number of aliphatic hydroxyl groups is 1. The summed E-state index contributed by atoms with van der Waals surface area (Å²) in [5, 5.41) is 13.5. The molecule has 4 nitrogen and oxygen atoms in total. The molecule has 6 heteroatoms. The topological polar surface area (TPSA) is 50.9 Å². The van der Waals surface area contributed by atoms with E-state index in [0.29, 0.717) is 0 Å². The van der Waals surface area contributed by atoms with Crippen molar-refractivity contribution in [1.82, 2.24) is 14.8 Å². The zero-order chi connectivity index (χ0) is 13.1. The van der Waals surface area contributed by atoms with E-state index in [2.05, 4.69) is 10.1 Å². The second-order valence-corrected chi connectivity index (χ2v) is 3.76. The van der Waals surface area contributed by atoms with Gasteiger partial charge in [-0.05, 0) is 19.1 Å². The molecule has 0 bridgehead atoms. The zero-order valence-corrected chi connectivity index (χ0v) is 9.59. The van der Waals surface area contributed by atoms with Crippen LogP contribution in [-0.2, 0) is 0 Å². The van der Waals surface area contributed by atoms with Crippen LogP contribution in [-0.4, -0.2) is 26.0 Å². The second kappa shape index (κ2) is 5.05. The third kappa shape index (κ3) is 2.60. The molecule has 1 aromatic carbocycles. The number of nitrogens with zero attached hydrogens (tertiary/aromatic N) is 3. The predicted molar refractivity (Wildman–Crippen MR) is 62.2 cm³/mol. The molecular weight excluding hydrogens is 240 g/mol. The minimum Gasteiger partial charge on any atom is -0.389 e. The van der Waals surface area contributed by atoms with Gasteiger partial charge < -0.3 is 5.11 Å². The highest BCUT2D eigenvalue weighted by Gasteiger charge is 2.14. The maximum absolute atomic E-state index is 13.7. The van der Waals surface area contributed by atoms with Crippen LogP contribution in [0.4, 0.5) is 8.78 Å². The van der Waals surface area contributed by atoms with Crippen LogP contribution in [0, 0.1) is 11.6 Å². The van der Waals surface area contributed by atoms with E-state index >= 15 is 0 Å². The standard InChI is InChI=1S/C12H11F2N3O/c1-8(18)11(5-17-7-15-6-16-17)10-3-2-9(13)4-12(10)14/h2-8,18H,1H3/b11-5-/t8-/m1/s1. The average molecular weight is 251 g/mol. The van der Waals surface area contributed by atoms with Crippen molar-refractivity contribution in [2.24, 2.45) is 0 Å². The Kier molecular flexibility index (Phi) is 3.47. The van der Waals surface area contributed by atoms with E-state index in [9.17, 15) is 13.9 Å². The molecule has 0 spiro atoms. The largest absolute Gasteiger partial charge is 0.389 e. The molecular formula is C12H11F2N3O. The highest BCUT2D eigenvalue weighted by molar-refractivity contribution is 5.77. The predicted octanol–water partition coefficient (Wildman–Crippen LogP) is 1.94. The molecule has 0 aliphatic carbocycles. The Labute approximate surface area is 102 Å². The van der Waals surface area contributed by atoms with Gasteiger partial charge in [0.1, 0.15) is 24.3 Å². The Balaban J connectivity index is 2.48. The summed E-state index contributed by atoms with van der Waals surface area (Å²) < 4.78 is 27.8. The van der Waals surface area contributed by atoms with E-state index in [0.717, 1.165) is 12.1 Å². The van der Waals surface area contributed by atoms with Gasteiger partial charge in [-0.1, -0.05) is 0 Å². The molecule has 0 radical (unpaired) electrons. The fraction of sp³-hybridized carbons (Fsp3) is 0.167. The van der Waals surface area contributed by atoms with Gasteiger partial charge in [0.2, 0.25) is 0 Å². The van der Waals surface area contributed by atoms with Crippen molar-refractivity contribution in [1.29, 1.82) is 0 Å². The molecule has 18 heavy (non-hydrogen) atoms. The normalized spacial score (nSPS) is 13.7. The molecule has 1 heterocycles. The molecule has 0 aliphatic heterocycles. The Bertz CT molecular complexity index is 565. The van der Waals surface area contributed by atoms with Crippen LogP contribution in [0.2, 0.25) is 0 Å². The maximum Gasteiger partial charge on any atom is 0.138 e. The van der Waals surface area contributed by atoms with Gasteiger partial charge in [-0.15, -0.1) is 0 Å². The Morgan fingerprint density at radius 2 is 2.22 bits per heavy atom. The van der Waals surface area contributed by atoms with Gasteiger partial charge in [0.25, 0.3) is 0 Å². The van der Waals surface area contributed by atoms with Crippen LogP contribution in [0.1, 0.15) is 12.5 Å². The molecule has 0 aliphatic rings. The molecule has 94 valence electrons. The summed E-state index contributed by atoms with van der Waals surface area (Å²) in [6.07, 6.45) is 3.24. The van der Waals surface area contributed by atoms with Crippen LogP contribution < -0.4 is 0 Å². The van der Waals surface area contributed by atoms with Crippen molar-refractivity contribution in [2.75, 3.05) is 0 Å². The number of halogens is 2. The van der Waals surface area contributed by atoms with Gasteiger partial charge in [0.15, 0.2) is 0 Å². The highest BCUT2D eigenvalue weighted by Crippen LogP contribution is 2.23. The van der Waals surface area contributed by atoms with Crippen molar-refractivity contribution in [3.05, 3.63) is 48.1 Å². The molecule has 0 unspecified atom stereocenters. The van der Waals surface area contributed by atoms with Crippen molar-refractivity contribution in [3.8, 4) is 0 Å². The lowest BCUT2D eigenvalue weighted by atomic mass is 10.0. The Morgan fingerprint density at radius 1 is 1.44 bits per heavy atom. The lowest BCUT2D eigenvalue weighted by molar-refractivity contribution is 0.253. The van der Waals surface area contributed by atoms with E-state index in [-0.39, 0.29) is 11.1 Å². The molecule has 0 amide bonds. The summed E-state index contributed by atoms with van der Waals surface area (Å²) in [5.74, 6) is -1.40. The number of rotatable bonds is 3. The quantitative estimate of drug-likeness (QED) is 0.906. The molecule has 1 aromatic heterocycles. The van der Waals surface area contributed by atoms with E-state index in [1.165, 1.54) is 36.5 Å². The van der Waals surface area contributed by atoms with E-state index < -0.39 is 17.7 Å². The van der Waals surface area contributed by atoms with Crippen molar-refractivity contribution < 1.29 is 13.9 Å². The fourth-order valence-corrected chi connectivity index (χ4v) is 1.55. The molecule has 0 saturated carbocycles. The van der Waals surface area contributed by atoms with Crippen molar-refractivity contribution in [3.63, 3.8) is 0 Å². The lowest BCUT2D eigenvalue weighted by Crippen LogP contribution is -2.07. The SMILES string of the molecule is C[C@@H](O)/C(=C/n1cncn1)c1ccc(F)cc1F. The van der Waals surface area contributed by atoms with Gasteiger partial charge in [-0.25, -0.2) is 18.4 Å². The summed E-state index contributed by atoms with van der Waals surface area (Å²) in [7, 11) is 0. The first kappa shape index (κ1) is 12.4. The van der Waals surface area contributed by atoms with Gasteiger partial charge in [-0.3, -0.25) is 0 Å². The first-order valence-electron chi connectivity index (χ1n) is 5.27. The third-order valence-electron chi connectivity index (χ3n) is 2.40. The zero-order valence-electron chi connectivity index (χ0n) is 9.59. The summed E-state index contributed by atoms with van der Waals surface area (Å²) in [6.45, 7) is 1.49. The smallest absolute Gasteiger partial charge is 0.138 e. The van der Waals surface area contributed by atoms with E-state index in [4.69, 9.17) is 0 Å². The van der Waals surface area contributed by atoms with E-state index in [1.54, 1.807) is 0 Å². The van der Waals surface area contributed by atoms with Crippen LogP contribution in [0.15, 0.2) is 30.9 Å². The maximum atomic E-state index is 13.7. The van der Waals surface area contributed by atoms with Gasteiger partial charge >= 0.3 is 0 Å². The molecule has 1 atom stereocenters. The number of hydrogen-bond donors (Lipinski definition) is 1. The molecule has 0 fully saturated rings. The molecule has 0 saturated heterocycles. The number of aromatic nitrogens is 3. The van der Waals surface area contributed by atoms with Gasteiger partial charge in [0.05, 0.1) is 6.10 Å². The minimum absolute atomic E-state index is 0.127. The number of hydrogen-bond acceptors (Lipinski definition) is 3. The van der Waals surface area contributed by atoms with Crippen molar-refractivity contribution >= 4 is 11.8 Å². The summed E-state index contributed by atoms with van der Waals surface area (Å²) in [6, 6.07) is 3.18.